The van der Waals surface area contributed by atoms with E-state index in [-0.39, 0.29) is 5.56 Å². The lowest BCUT2D eigenvalue weighted by atomic mass is 10.0. The minimum absolute atomic E-state index is 0.289. The summed E-state index contributed by atoms with van der Waals surface area (Å²) in [4.78, 5) is 25.0. The molecule has 0 radical (unpaired) electrons. The molecular weight excluding hydrogens is 540 g/mol. The minimum Gasteiger partial charge on any atom is -0.489 e. The van der Waals surface area contributed by atoms with Crippen LogP contribution in [0.25, 0.3) is 33.1 Å². The number of halogens is 2. The van der Waals surface area contributed by atoms with E-state index in [1.54, 1.807) is 36.4 Å². The number of rotatable bonds is 4. The smallest absolute Gasteiger partial charge is 0.344 e. The molecular formula is C25H14Br2O5. The molecule has 32 heavy (non-hydrogen) atoms. The second-order valence-corrected chi connectivity index (χ2v) is 9.01. The first-order chi connectivity index (χ1) is 15.5. The van der Waals surface area contributed by atoms with Crippen molar-refractivity contribution in [1.82, 2.24) is 0 Å². The first kappa shape index (κ1) is 20.7. The molecule has 0 amide bonds. The van der Waals surface area contributed by atoms with Crippen LogP contribution in [-0.4, -0.2) is 0 Å². The Morgan fingerprint density at radius 1 is 0.719 bits per heavy atom. The van der Waals surface area contributed by atoms with Gasteiger partial charge in [0.25, 0.3) is 0 Å². The van der Waals surface area contributed by atoms with Gasteiger partial charge in [0.2, 0.25) is 0 Å². The molecule has 0 bridgehead atoms. The quantitative estimate of drug-likeness (QED) is 0.232. The molecule has 2 aromatic heterocycles. The summed E-state index contributed by atoms with van der Waals surface area (Å²) in [5, 5.41) is 1.35. The Hall–Kier alpha value is -3.16. The van der Waals surface area contributed by atoms with Gasteiger partial charge < -0.3 is 13.6 Å². The summed E-state index contributed by atoms with van der Waals surface area (Å²) in [5.74, 6) is 0.551. The normalized spacial score (nSPS) is 11.2. The molecule has 0 saturated carbocycles. The van der Waals surface area contributed by atoms with E-state index < -0.39 is 11.3 Å². The molecule has 0 saturated heterocycles. The van der Waals surface area contributed by atoms with Crippen molar-refractivity contribution in [3.8, 4) is 16.9 Å². The van der Waals surface area contributed by atoms with Crippen molar-refractivity contribution in [3.05, 3.63) is 108 Å². The van der Waals surface area contributed by atoms with E-state index in [2.05, 4.69) is 31.9 Å². The van der Waals surface area contributed by atoms with Crippen LogP contribution in [0.1, 0.15) is 5.56 Å². The topological polar surface area (TPSA) is 69.7 Å². The van der Waals surface area contributed by atoms with Crippen LogP contribution in [0, 0.1) is 0 Å². The van der Waals surface area contributed by atoms with Gasteiger partial charge in [-0.05, 0) is 54.1 Å². The molecule has 0 aliphatic rings. The van der Waals surface area contributed by atoms with Crippen molar-refractivity contribution in [3.63, 3.8) is 0 Å². The van der Waals surface area contributed by atoms with Crippen LogP contribution < -0.4 is 16.0 Å². The molecule has 5 rings (SSSR count). The molecule has 0 fully saturated rings. The Kier molecular flexibility index (Phi) is 5.45. The lowest BCUT2D eigenvalue weighted by Gasteiger charge is -2.09. The Balaban J connectivity index is 1.56. The monoisotopic (exact) mass is 552 g/mol. The summed E-state index contributed by atoms with van der Waals surface area (Å²) >= 11 is 6.83. The standard InChI is InChI=1S/C25H14Br2O5/c26-16-3-1-14(2-4-16)13-30-18-6-7-19-20(12-24(28)31-23(19)11-18)21-10-15-9-17(27)5-8-22(15)32-25(21)29/h1-12H,13H2. The third-order valence-electron chi connectivity index (χ3n) is 5.02. The van der Waals surface area contributed by atoms with Gasteiger partial charge in [0.05, 0.1) is 5.56 Å². The van der Waals surface area contributed by atoms with Crippen LogP contribution in [0.15, 0.2) is 100 Å². The van der Waals surface area contributed by atoms with Crippen molar-refractivity contribution in [1.29, 1.82) is 0 Å². The predicted octanol–water partition coefficient (Wildman–Crippen LogP) is 6.67. The SMILES string of the molecule is O=c1cc(-c2cc3cc(Br)ccc3oc2=O)c2ccc(OCc3ccc(Br)cc3)cc2o1. The maximum absolute atomic E-state index is 12.7. The van der Waals surface area contributed by atoms with Gasteiger partial charge in [0, 0.05) is 37.4 Å². The van der Waals surface area contributed by atoms with E-state index in [0.29, 0.717) is 34.5 Å². The third-order valence-corrected chi connectivity index (χ3v) is 6.04. The summed E-state index contributed by atoms with van der Waals surface area (Å²) < 4.78 is 18.6. The number of fused-ring (bicyclic) bond motifs is 2. The first-order valence-electron chi connectivity index (χ1n) is 9.65. The number of ether oxygens (including phenoxy) is 1. The van der Waals surface area contributed by atoms with Crippen LogP contribution in [0.5, 0.6) is 5.75 Å². The van der Waals surface area contributed by atoms with Gasteiger partial charge in [0.1, 0.15) is 23.5 Å². The first-order valence-corrected chi connectivity index (χ1v) is 11.2. The summed E-state index contributed by atoms with van der Waals surface area (Å²) in [5.41, 5.74) is 1.45. The van der Waals surface area contributed by atoms with Crippen molar-refractivity contribution >= 4 is 53.8 Å². The molecule has 0 atom stereocenters. The van der Waals surface area contributed by atoms with Gasteiger partial charge >= 0.3 is 11.3 Å². The van der Waals surface area contributed by atoms with Gasteiger partial charge in [0.15, 0.2) is 0 Å². The molecule has 2 heterocycles. The predicted molar refractivity (Wildman–Crippen MR) is 130 cm³/mol. The van der Waals surface area contributed by atoms with Gasteiger partial charge in [-0.2, -0.15) is 0 Å². The van der Waals surface area contributed by atoms with E-state index in [0.717, 1.165) is 19.9 Å². The van der Waals surface area contributed by atoms with Crippen molar-refractivity contribution in [2.75, 3.05) is 0 Å². The van der Waals surface area contributed by atoms with Crippen LogP contribution in [0.2, 0.25) is 0 Å². The van der Waals surface area contributed by atoms with Crippen LogP contribution in [-0.2, 0) is 6.61 Å². The highest BCUT2D eigenvalue weighted by molar-refractivity contribution is 9.10. The van der Waals surface area contributed by atoms with Gasteiger partial charge in [-0.3, -0.25) is 0 Å². The minimum atomic E-state index is -0.564. The van der Waals surface area contributed by atoms with Gasteiger partial charge in [-0.1, -0.05) is 44.0 Å². The second-order valence-electron chi connectivity index (χ2n) is 7.18. The van der Waals surface area contributed by atoms with E-state index in [1.807, 2.05) is 30.3 Å². The Morgan fingerprint density at radius 2 is 1.50 bits per heavy atom. The van der Waals surface area contributed by atoms with Gasteiger partial charge in [-0.15, -0.1) is 0 Å². The lowest BCUT2D eigenvalue weighted by Crippen LogP contribution is -2.06. The fourth-order valence-corrected chi connectivity index (χ4v) is 4.13. The molecule has 158 valence electrons. The summed E-state index contributed by atoms with van der Waals surface area (Å²) in [6.45, 7) is 0.367. The molecule has 5 aromatic rings. The average Bonchev–Trinajstić information content (AvgIpc) is 2.78. The third kappa shape index (κ3) is 4.13. The van der Waals surface area contributed by atoms with E-state index in [4.69, 9.17) is 13.6 Å². The Morgan fingerprint density at radius 3 is 2.31 bits per heavy atom. The molecule has 5 nitrogen and oxygen atoms in total. The fraction of sp³-hybridized carbons (Fsp3) is 0.0400. The van der Waals surface area contributed by atoms with Crippen LogP contribution >= 0.6 is 31.9 Å². The highest BCUT2D eigenvalue weighted by Gasteiger charge is 2.14. The second kappa shape index (κ2) is 8.41. The zero-order valence-electron chi connectivity index (χ0n) is 16.4. The maximum atomic E-state index is 12.7. The molecule has 0 aliphatic heterocycles. The zero-order valence-corrected chi connectivity index (χ0v) is 19.6. The number of hydrogen-bond acceptors (Lipinski definition) is 5. The molecule has 0 unspecified atom stereocenters. The van der Waals surface area contributed by atoms with E-state index in [1.165, 1.54) is 6.07 Å². The number of hydrogen-bond donors (Lipinski definition) is 0. The van der Waals surface area contributed by atoms with Gasteiger partial charge in [-0.25, -0.2) is 9.59 Å². The Labute approximate surface area is 198 Å². The summed E-state index contributed by atoms with van der Waals surface area (Å²) in [7, 11) is 0. The van der Waals surface area contributed by atoms with E-state index >= 15 is 0 Å². The average molecular weight is 554 g/mol. The van der Waals surface area contributed by atoms with Crippen molar-refractivity contribution in [2.24, 2.45) is 0 Å². The molecule has 3 aromatic carbocycles. The van der Waals surface area contributed by atoms with Crippen molar-refractivity contribution < 1.29 is 13.6 Å². The molecule has 0 N–H and O–H groups in total. The molecule has 7 heteroatoms. The molecule has 0 aliphatic carbocycles. The van der Waals surface area contributed by atoms with Crippen molar-refractivity contribution in [2.45, 2.75) is 6.61 Å². The van der Waals surface area contributed by atoms with Crippen LogP contribution in [0.3, 0.4) is 0 Å². The lowest BCUT2D eigenvalue weighted by molar-refractivity contribution is 0.306. The summed E-state index contributed by atoms with van der Waals surface area (Å²) in [6.07, 6.45) is 0. The zero-order chi connectivity index (χ0) is 22.2. The molecule has 0 spiro atoms. The van der Waals surface area contributed by atoms with Crippen LogP contribution in [0.4, 0.5) is 0 Å². The fourth-order valence-electron chi connectivity index (χ4n) is 3.49. The maximum Gasteiger partial charge on any atom is 0.344 e. The Bertz CT molecular complexity index is 1580. The largest absolute Gasteiger partial charge is 0.489 e. The van der Waals surface area contributed by atoms with E-state index in [9.17, 15) is 9.59 Å². The summed E-state index contributed by atoms with van der Waals surface area (Å²) in [6, 6.07) is 21.4. The highest BCUT2D eigenvalue weighted by atomic mass is 79.9. The highest BCUT2D eigenvalue weighted by Crippen LogP contribution is 2.30. The number of benzene rings is 3.